The van der Waals surface area contributed by atoms with Gasteiger partial charge in [0.15, 0.2) is 0 Å². The van der Waals surface area contributed by atoms with Crippen LogP contribution in [0.3, 0.4) is 0 Å². The third kappa shape index (κ3) is 4.72. The van der Waals surface area contributed by atoms with Crippen LogP contribution in [0.1, 0.15) is 69.2 Å². The molecule has 0 radical (unpaired) electrons. The lowest BCUT2D eigenvalue weighted by molar-refractivity contribution is -0.120. The summed E-state index contributed by atoms with van der Waals surface area (Å²) >= 11 is 1.86. The predicted octanol–water partition coefficient (Wildman–Crippen LogP) is 3.59. The third-order valence-electron chi connectivity index (χ3n) is 6.40. The Morgan fingerprint density at radius 2 is 2.04 bits per heavy atom. The number of nitrogens with zero attached hydrogens (tertiary/aromatic N) is 2. The van der Waals surface area contributed by atoms with Gasteiger partial charge >= 0.3 is 0 Å². The van der Waals surface area contributed by atoms with Crippen molar-refractivity contribution in [2.45, 2.75) is 76.9 Å². The second-order valence-corrected chi connectivity index (χ2v) is 9.73. The van der Waals surface area contributed by atoms with Crippen molar-refractivity contribution in [2.24, 2.45) is 5.92 Å². The molecule has 0 aromatic carbocycles. The first-order chi connectivity index (χ1) is 12.8. The lowest BCUT2D eigenvalue weighted by Crippen LogP contribution is -2.51. The highest BCUT2D eigenvalue weighted by molar-refractivity contribution is 7.11. The molecule has 6 heteroatoms. The summed E-state index contributed by atoms with van der Waals surface area (Å²) in [6, 6.07) is 0.876. The Kier molecular flexibility index (Phi) is 6.26. The van der Waals surface area contributed by atoms with E-state index in [4.69, 9.17) is 4.98 Å². The number of amides is 1. The van der Waals surface area contributed by atoms with Gasteiger partial charge in [-0.1, -0.05) is 27.4 Å². The van der Waals surface area contributed by atoms with Gasteiger partial charge in [0.1, 0.15) is 6.17 Å². The second-order valence-electron chi connectivity index (χ2n) is 8.66. The van der Waals surface area contributed by atoms with E-state index < -0.39 is 0 Å². The smallest absolute Gasteiger partial charge is 0.218 e. The molecular formula is C21H34N4OS. The first kappa shape index (κ1) is 20.3. The first-order valence-electron chi connectivity index (χ1n) is 10.2. The molecule has 0 bridgehead atoms. The summed E-state index contributed by atoms with van der Waals surface area (Å²) in [7, 11) is 0. The van der Waals surface area contributed by atoms with Gasteiger partial charge < -0.3 is 15.5 Å². The Labute approximate surface area is 167 Å². The van der Waals surface area contributed by atoms with E-state index in [1.165, 1.54) is 48.7 Å². The fourth-order valence-electron chi connectivity index (χ4n) is 4.02. The molecule has 1 amide bonds. The fraction of sp³-hybridized carbons (Fsp3) is 0.714. The number of carbonyl (C=O) groups is 1. The predicted molar refractivity (Wildman–Crippen MR) is 112 cm³/mol. The van der Waals surface area contributed by atoms with Crippen LogP contribution >= 0.6 is 11.3 Å². The van der Waals surface area contributed by atoms with Crippen LogP contribution in [0.25, 0.3) is 0 Å². The van der Waals surface area contributed by atoms with Gasteiger partial charge in [-0.15, -0.1) is 11.3 Å². The molecule has 1 aliphatic heterocycles. The van der Waals surface area contributed by atoms with Gasteiger partial charge in [0, 0.05) is 41.3 Å². The van der Waals surface area contributed by atoms with Crippen LogP contribution in [0.2, 0.25) is 0 Å². The quantitative estimate of drug-likeness (QED) is 0.666. The zero-order valence-electron chi connectivity index (χ0n) is 17.1. The molecule has 5 nitrogen and oxygen atoms in total. The number of hydrogen-bond acceptors (Lipinski definition) is 5. The van der Waals surface area contributed by atoms with Gasteiger partial charge in [0.2, 0.25) is 5.91 Å². The summed E-state index contributed by atoms with van der Waals surface area (Å²) < 4.78 is 0. The SMILES string of the molecule is C=CNC(NC(C)=O)C(C)C(C)(C)c1cnc(C2CCN(C3CC3)CC2)s1. The molecule has 1 aliphatic carbocycles. The van der Waals surface area contributed by atoms with Crippen LogP contribution in [0.15, 0.2) is 19.0 Å². The summed E-state index contributed by atoms with van der Waals surface area (Å²) in [4.78, 5) is 20.4. The molecule has 3 rings (SSSR count). The molecule has 1 saturated carbocycles. The monoisotopic (exact) mass is 390 g/mol. The normalized spacial score (nSPS) is 21.5. The summed E-state index contributed by atoms with van der Waals surface area (Å²) in [6.45, 7) is 14.4. The van der Waals surface area contributed by atoms with Gasteiger partial charge in [-0.05, 0) is 45.0 Å². The number of piperidine rings is 1. The van der Waals surface area contributed by atoms with Crippen molar-refractivity contribution in [3.8, 4) is 0 Å². The molecule has 1 aromatic rings. The van der Waals surface area contributed by atoms with E-state index >= 15 is 0 Å². The molecule has 150 valence electrons. The average Bonchev–Trinajstić information content (AvgIpc) is 3.36. The Morgan fingerprint density at radius 1 is 1.37 bits per heavy atom. The van der Waals surface area contributed by atoms with Gasteiger partial charge in [-0.2, -0.15) is 0 Å². The van der Waals surface area contributed by atoms with Crippen molar-refractivity contribution in [1.29, 1.82) is 0 Å². The molecule has 27 heavy (non-hydrogen) atoms. The van der Waals surface area contributed by atoms with Crippen molar-refractivity contribution in [1.82, 2.24) is 20.5 Å². The lowest BCUT2D eigenvalue weighted by atomic mass is 9.77. The number of aromatic nitrogens is 1. The molecule has 1 aromatic heterocycles. The second kappa shape index (κ2) is 8.31. The lowest BCUT2D eigenvalue weighted by Gasteiger charge is -2.37. The minimum atomic E-state index is -0.151. The maximum absolute atomic E-state index is 11.6. The van der Waals surface area contributed by atoms with Crippen LogP contribution in [0.4, 0.5) is 0 Å². The number of hydrogen-bond donors (Lipinski definition) is 2. The largest absolute Gasteiger partial charge is 0.372 e. The number of likely N-dealkylation sites (tertiary alicyclic amines) is 1. The highest BCUT2D eigenvalue weighted by Crippen LogP contribution is 2.41. The molecular weight excluding hydrogens is 356 g/mol. The number of nitrogens with one attached hydrogen (secondary N) is 2. The van der Waals surface area contributed by atoms with E-state index in [2.05, 4.69) is 49.1 Å². The van der Waals surface area contributed by atoms with Crippen LogP contribution in [0.5, 0.6) is 0 Å². The van der Waals surface area contributed by atoms with Crippen molar-refractivity contribution >= 4 is 17.2 Å². The highest BCUT2D eigenvalue weighted by Gasteiger charge is 2.37. The highest BCUT2D eigenvalue weighted by atomic mass is 32.1. The third-order valence-corrected chi connectivity index (χ3v) is 7.89. The van der Waals surface area contributed by atoms with Crippen LogP contribution in [-0.4, -0.2) is 41.1 Å². The van der Waals surface area contributed by atoms with Gasteiger partial charge in [-0.3, -0.25) is 4.79 Å². The summed E-state index contributed by atoms with van der Waals surface area (Å²) in [5.74, 6) is 0.746. The van der Waals surface area contributed by atoms with Gasteiger partial charge in [0.05, 0.1) is 5.01 Å². The van der Waals surface area contributed by atoms with E-state index in [0.717, 1.165) is 6.04 Å². The maximum atomic E-state index is 11.6. The van der Waals surface area contributed by atoms with E-state index in [-0.39, 0.29) is 23.4 Å². The Bertz CT molecular complexity index is 659. The molecule has 2 N–H and O–H groups in total. The first-order valence-corrected chi connectivity index (χ1v) is 11.0. The summed E-state index contributed by atoms with van der Waals surface area (Å²) in [6.07, 6.45) is 8.81. The van der Waals surface area contributed by atoms with Gasteiger partial charge in [-0.25, -0.2) is 4.98 Å². The minimum absolute atomic E-state index is 0.0376. The van der Waals surface area contributed by atoms with Gasteiger partial charge in [0.25, 0.3) is 0 Å². The zero-order chi connectivity index (χ0) is 19.6. The Morgan fingerprint density at radius 3 is 2.59 bits per heavy atom. The minimum Gasteiger partial charge on any atom is -0.372 e. The van der Waals surface area contributed by atoms with Crippen LogP contribution in [0, 0.1) is 5.92 Å². The van der Waals surface area contributed by atoms with E-state index in [1.54, 1.807) is 13.1 Å². The zero-order valence-corrected chi connectivity index (χ0v) is 17.9. The van der Waals surface area contributed by atoms with Crippen LogP contribution in [-0.2, 0) is 10.2 Å². The average molecular weight is 391 g/mol. The van der Waals surface area contributed by atoms with Crippen LogP contribution < -0.4 is 10.6 Å². The van der Waals surface area contributed by atoms with E-state index in [1.807, 2.05) is 11.3 Å². The van der Waals surface area contributed by atoms with Crippen molar-refractivity contribution < 1.29 is 4.79 Å². The standard InChI is InChI=1S/C21H34N4OS/c1-6-22-19(24-15(3)26)14(2)21(4,5)18-13-23-20(27-18)16-9-11-25(12-10-16)17-7-8-17/h6,13-14,16-17,19,22H,1,7-12H2,2-5H3,(H,24,26). The summed E-state index contributed by atoms with van der Waals surface area (Å²) in [5, 5.41) is 7.48. The number of thiazole rings is 1. The molecule has 1 saturated heterocycles. The van der Waals surface area contributed by atoms with Crippen molar-refractivity contribution in [3.05, 3.63) is 28.9 Å². The van der Waals surface area contributed by atoms with E-state index in [0.29, 0.717) is 5.92 Å². The van der Waals surface area contributed by atoms with Crippen molar-refractivity contribution in [2.75, 3.05) is 13.1 Å². The molecule has 2 heterocycles. The molecule has 2 atom stereocenters. The Balaban J connectivity index is 1.67. The molecule has 2 unspecified atom stereocenters. The maximum Gasteiger partial charge on any atom is 0.218 e. The summed E-state index contributed by atoms with van der Waals surface area (Å²) in [5.41, 5.74) is -0.103. The molecule has 0 spiro atoms. The Hall–Kier alpha value is -1.40. The number of rotatable bonds is 8. The van der Waals surface area contributed by atoms with E-state index in [9.17, 15) is 4.79 Å². The topological polar surface area (TPSA) is 57.3 Å². The van der Waals surface area contributed by atoms with Crippen molar-refractivity contribution in [3.63, 3.8) is 0 Å². The fourth-order valence-corrected chi connectivity index (χ4v) is 5.31. The number of carbonyl (C=O) groups excluding carboxylic acids is 1. The molecule has 2 aliphatic rings. The molecule has 2 fully saturated rings.